The minimum Gasteiger partial charge on any atom is -0.462 e. The average molecular weight is 410 g/mol. The van der Waals surface area contributed by atoms with Crippen molar-refractivity contribution in [1.82, 2.24) is 4.98 Å². The third-order valence-corrected chi connectivity index (χ3v) is 4.92. The van der Waals surface area contributed by atoms with Crippen molar-refractivity contribution in [1.29, 1.82) is 0 Å². The molecule has 2 aromatic rings. The first kappa shape index (κ1) is 21.1. The number of rotatable bonds is 7. The third-order valence-electron chi connectivity index (χ3n) is 3.86. The maximum atomic E-state index is 12.6. The van der Waals surface area contributed by atoms with Crippen molar-refractivity contribution in [3.05, 3.63) is 51.3 Å². The van der Waals surface area contributed by atoms with Gasteiger partial charge in [-0.2, -0.15) is 0 Å². The molecule has 144 valence electrons. The quantitative estimate of drug-likeness (QED) is 0.418. The lowest BCUT2D eigenvalue weighted by Crippen LogP contribution is -2.18. The highest BCUT2D eigenvalue weighted by atomic mass is 35.5. The SMILES string of the molecule is CCOC(=O)c1c(C)[nH]c(C)c1C(=O)COC(=O)c1cc(SC)ccc1Cl. The van der Waals surface area contributed by atoms with E-state index in [4.69, 9.17) is 21.1 Å². The molecule has 0 bridgehead atoms. The second kappa shape index (κ2) is 9.10. The summed E-state index contributed by atoms with van der Waals surface area (Å²) in [6.07, 6.45) is 1.87. The van der Waals surface area contributed by atoms with Gasteiger partial charge in [0.05, 0.1) is 28.3 Å². The van der Waals surface area contributed by atoms with Gasteiger partial charge in [-0.1, -0.05) is 11.6 Å². The highest BCUT2D eigenvalue weighted by molar-refractivity contribution is 7.98. The van der Waals surface area contributed by atoms with Gasteiger partial charge in [0.2, 0.25) is 5.78 Å². The molecule has 8 heteroatoms. The first-order chi connectivity index (χ1) is 12.8. The number of ketones is 1. The van der Waals surface area contributed by atoms with Crippen molar-refractivity contribution in [2.75, 3.05) is 19.5 Å². The Labute approximate surface area is 166 Å². The van der Waals surface area contributed by atoms with Crippen LogP contribution in [0.4, 0.5) is 0 Å². The van der Waals surface area contributed by atoms with Gasteiger partial charge in [-0.3, -0.25) is 4.79 Å². The fraction of sp³-hybridized carbons (Fsp3) is 0.316. The van der Waals surface area contributed by atoms with Gasteiger partial charge >= 0.3 is 11.9 Å². The minimum absolute atomic E-state index is 0.165. The van der Waals surface area contributed by atoms with Gasteiger partial charge in [0.25, 0.3) is 0 Å². The topological polar surface area (TPSA) is 85.5 Å². The number of carbonyl (C=O) groups is 3. The van der Waals surface area contributed by atoms with E-state index < -0.39 is 24.3 Å². The van der Waals surface area contributed by atoms with E-state index >= 15 is 0 Å². The van der Waals surface area contributed by atoms with E-state index in [1.807, 2.05) is 6.26 Å². The molecule has 0 aliphatic carbocycles. The van der Waals surface area contributed by atoms with Gasteiger partial charge < -0.3 is 14.5 Å². The molecule has 0 unspecified atom stereocenters. The predicted molar refractivity (Wildman–Crippen MR) is 104 cm³/mol. The van der Waals surface area contributed by atoms with Crippen LogP contribution in [-0.4, -0.2) is 42.2 Å². The minimum atomic E-state index is -0.702. The van der Waals surface area contributed by atoms with E-state index in [9.17, 15) is 14.4 Å². The van der Waals surface area contributed by atoms with Gasteiger partial charge in [-0.25, -0.2) is 9.59 Å². The maximum Gasteiger partial charge on any atom is 0.340 e. The first-order valence-corrected chi connectivity index (χ1v) is 9.80. The molecule has 27 heavy (non-hydrogen) atoms. The molecule has 1 aromatic heterocycles. The van der Waals surface area contributed by atoms with Crippen LogP contribution >= 0.6 is 23.4 Å². The van der Waals surface area contributed by atoms with Crippen LogP contribution in [-0.2, 0) is 9.47 Å². The fourth-order valence-corrected chi connectivity index (χ4v) is 3.29. The van der Waals surface area contributed by atoms with Crippen LogP contribution in [0.2, 0.25) is 5.02 Å². The van der Waals surface area contributed by atoms with Crippen molar-refractivity contribution in [3.63, 3.8) is 0 Å². The Morgan fingerprint density at radius 2 is 1.74 bits per heavy atom. The number of H-pyrrole nitrogens is 1. The number of nitrogens with one attached hydrogen (secondary N) is 1. The van der Waals surface area contributed by atoms with E-state index in [2.05, 4.69) is 4.98 Å². The molecule has 1 heterocycles. The van der Waals surface area contributed by atoms with Gasteiger partial charge in [0.1, 0.15) is 0 Å². The summed E-state index contributed by atoms with van der Waals surface area (Å²) in [4.78, 5) is 40.9. The maximum absolute atomic E-state index is 12.6. The monoisotopic (exact) mass is 409 g/mol. The Hall–Kier alpha value is -2.25. The molecule has 0 atom stereocenters. The number of hydrogen-bond donors (Lipinski definition) is 1. The molecule has 2 rings (SSSR count). The number of ether oxygens (including phenoxy) is 2. The van der Waals surface area contributed by atoms with E-state index in [0.717, 1.165) is 4.90 Å². The Kier molecular flexibility index (Phi) is 7.10. The number of hydrogen-bond acceptors (Lipinski definition) is 6. The van der Waals surface area contributed by atoms with Crippen LogP contribution in [0.1, 0.15) is 49.4 Å². The summed E-state index contributed by atoms with van der Waals surface area (Å²) in [5.74, 6) is -1.79. The molecule has 1 N–H and O–H groups in total. The van der Waals surface area contributed by atoms with Crippen LogP contribution in [0.5, 0.6) is 0 Å². The van der Waals surface area contributed by atoms with Gasteiger partial charge in [0, 0.05) is 16.3 Å². The van der Waals surface area contributed by atoms with Crippen molar-refractivity contribution in [3.8, 4) is 0 Å². The van der Waals surface area contributed by atoms with E-state index in [0.29, 0.717) is 11.4 Å². The Morgan fingerprint density at radius 1 is 1.07 bits per heavy atom. The largest absolute Gasteiger partial charge is 0.462 e. The number of halogens is 1. The zero-order valence-corrected chi connectivity index (χ0v) is 17.0. The van der Waals surface area contributed by atoms with E-state index in [1.165, 1.54) is 11.8 Å². The van der Waals surface area contributed by atoms with Crippen LogP contribution < -0.4 is 0 Å². The van der Waals surface area contributed by atoms with Crippen LogP contribution in [0.3, 0.4) is 0 Å². The third kappa shape index (κ3) is 4.73. The number of aromatic nitrogens is 1. The molecule has 0 aliphatic rings. The number of aryl methyl sites for hydroxylation is 2. The summed E-state index contributed by atoms with van der Waals surface area (Å²) >= 11 is 7.51. The molecule has 6 nitrogen and oxygen atoms in total. The summed E-state index contributed by atoms with van der Waals surface area (Å²) in [5.41, 5.74) is 1.56. The zero-order chi connectivity index (χ0) is 20.1. The summed E-state index contributed by atoms with van der Waals surface area (Å²) in [5, 5.41) is 0.242. The molecule has 1 aromatic carbocycles. The van der Waals surface area contributed by atoms with Crippen molar-refractivity contribution in [2.24, 2.45) is 0 Å². The zero-order valence-electron chi connectivity index (χ0n) is 15.5. The molecular weight excluding hydrogens is 390 g/mol. The van der Waals surface area contributed by atoms with Gasteiger partial charge in [-0.05, 0) is 45.2 Å². The predicted octanol–water partition coefficient (Wildman–Crippen LogP) is 4.22. The van der Waals surface area contributed by atoms with E-state index in [-0.39, 0.29) is 28.3 Å². The number of thioether (sulfide) groups is 1. The standard InChI is InChI=1S/C19H20ClNO5S/c1-5-25-19(24)17-11(3)21-10(2)16(17)15(22)9-26-18(23)13-8-12(27-4)6-7-14(13)20/h6-8,21H,5,9H2,1-4H3. The molecular formula is C19H20ClNO5S. The molecule has 0 spiro atoms. The second-order valence-electron chi connectivity index (χ2n) is 5.69. The molecule has 0 aliphatic heterocycles. The lowest BCUT2D eigenvalue weighted by molar-refractivity contribution is 0.0472. The number of carbonyl (C=O) groups excluding carboxylic acids is 3. The molecule has 0 saturated carbocycles. The highest BCUT2D eigenvalue weighted by Crippen LogP contribution is 2.24. The summed E-state index contributed by atoms with van der Waals surface area (Å²) in [6, 6.07) is 4.99. The summed E-state index contributed by atoms with van der Waals surface area (Å²) < 4.78 is 10.1. The first-order valence-electron chi connectivity index (χ1n) is 8.20. The number of benzene rings is 1. The number of Topliss-reactive ketones (excluding diaryl/α,β-unsaturated/α-hetero) is 1. The number of aromatic amines is 1. The summed E-state index contributed by atoms with van der Waals surface area (Å²) in [6.45, 7) is 4.71. The van der Waals surface area contributed by atoms with Crippen LogP contribution in [0.25, 0.3) is 0 Å². The van der Waals surface area contributed by atoms with Crippen LogP contribution in [0, 0.1) is 13.8 Å². The van der Waals surface area contributed by atoms with Crippen molar-refractivity contribution < 1.29 is 23.9 Å². The smallest absolute Gasteiger partial charge is 0.340 e. The Morgan fingerprint density at radius 3 is 2.37 bits per heavy atom. The van der Waals surface area contributed by atoms with Crippen LogP contribution in [0.15, 0.2) is 23.1 Å². The average Bonchev–Trinajstić information content (AvgIpc) is 2.94. The second-order valence-corrected chi connectivity index (χ2v) is 6.98. The van der Waals surface area contributed by atoms with Crippen molar-refractivity contribution >= 4 is 41.1 Å². The van der Waals surface area contributed by atoms with Crippen molar-refractivity contribution in [2.45, 2.75) is 25.7 Å². The molecule has 0 fully saturated rings. The lowest BCUT2D eigenvalue weighted by Gasteiger charge is -2.08. The summed E-state index contributed by atoms with van der Waals surface area (Å²) in [7, 11) is 0. The molecule has 0 radical (unpaired) electrons. The van der Waals surface area contributed by atoms with E-state index in [1.54, 1.807) is 39.0 Å². The van der Waals surface area contributed by atoms with Gasteiger partial charge in [0.15, 0.2) is 6.61 Å². The number of esters is 2. The Balaban J connectivity index is 2.19. The van der Waals surface area contributed by atoms with Gasteiger partial charge in [-0.15, -0.1) is 11.8 Å². The Bertz CT molecular complexity index is 890. The normalized spacial score (nSPS) is 10.6. The molecule has 0 amide bonds. The lowest BCUT2D eigenvalue weighted by atomic mass is 10.1. The highest BCUT2D eigenvalue weighted by Gasteiger charge is 2.26. The molecule has 0 saturated heterocycles. The fourth-order valence-electron chi connectivity index (χ4n) is 2.66.